The van der Waals surface area contributed by atoms with E-state index in [1.165, 1.54) is 6.92 Å². The molecule has 3 aromatic rings. The van der Waals surface area contributed by atoms with Gasteiger partial charge in [0.25, 0.3) is 5.91 Å². The van der Waals surface area contributed by atoms with Crippen molar-refractivity contribution in [2.75, 3.05) is 29.0 Å². The van der Waals surface area contributed by atoms with E-state index < -0.39 is 22.0 Å². The topological polar surface area (TPSA) is 114 Å². The molecule has 1 fully saturated rings. The quantitative estimate of drug-likeness (QED) is 0.401. The summed E-state index contributed by atoms with van der Waals surface area (Å²) in [6.45, 7) is 2.55. The molecule has 2 N–H and O–H groups in total. The van der Waals surface area contributed by atoms with E-state index in [1.807, 2.05) is 30.3 Å². The van der Waals surface area contributed by atoms with Crippen molar-refractivity contribution >= 4 is 33.2 Å². The minimum atomic E-state index is -3.83. The lowest BCUT2D eigenvalue weighted by molar-refractivity contribution is -0.116. The van der Waals surface area contributed by atoms with Crippen LogP contribution in [0, 0.1) is 0 Å². The van der Waals surface area contributed by atoms with Crippen molar-refractivity contribution < 1.29 is 27.5 Å². The van der Waals surface area contributed by atoms with Crippen LogP contribution in [0.25, 0.3) is 0 Å². The third kappa shape index (κ3) is 6.90. The van der Waals surface area contributed by atoms with E-state index in [9.17, 15) is 18.0 Å². The van der Waals surface area contributed by atoms with Crippen molar-refractivity contribution in [2.45, 2.75) is 31.9 Å². The molecule has 1 aliphatic heterocycles. The normalized spacial score (nSPS) is 15.9. The molecule has 0 saturated carbocycles. The number of hydrogen-bond acceptors (Lipinski definition) is 6. The largest absolute Gasteiger partial charge is 0.457 e. The molecule has 10 heteroatoms. The summed E-state index contributed by atoms with van der Waals surface area (Å²) in [6.07, 6.45) is 2.87. The Balaban J connectivity index is 1.48. The van der Waals surface area contributed by atoms with Crippen LogP contribution in [0.15, 0.2) is 78.9 Å². The Bertz CT molecular complexity index is 1360. The number of anilines is 2. The first-order valence-corrected chi connectivity index (χ1v) is 14.2. The number of amides is 2. The summed E-state index contributed by atoms with van der Waals surface area (Å²) in [5, 5.41) is 5.57. The van der Waals surface area contributed by atoms with Gasteiger partial charge in [0.1, 0.15) is 17.5 Å². The average molecular weight is 538 g/mol. The third-order valence-corrected chi connectivity index (χ3v) is 7.34. The van der Waals surface area contributed by atoms with Gasteiger partial charge in [-0.2, -0.15) is 0 Å². The van der Waals surface area contributed by atoms with Crippen LogP contribution in [0.2, 0.25) is 0 Å². The molecular formula is C28H31N3O6S. The van der Waals surface area contributed by atoms with E-state index in [0.29, 0.717) is 30.3 Å². The lowest BCUT2D eigenvalue weighted by Crippen LogP contribution is -2.45. The Labute approximate surface area is 222 Å². The molecule has 3 aromatic carbocycles. The van der Waals surface area contributed by atoms with E-state index in [1.54, 1.807) is 48.5 Å². The number of carbonyl (C=O) groups is 2. The standard InChI is InChI=1S/C28H31N3O6S/c1-20(27(32)30-26-13-7-6-12-25(26)28(33)29-19-24-11-8-18-36-24)31(38(2,34)35)21-14-16-23(17-15-21)37-22-9-4-3-5-10-22/h3-7,9-10,12-17,20,24H,8,11,18-19H2,1-2H3,(H,29,33)(H,30,32)/t20-,24+/m1/s1. The molecule has 0 aliphatic carbocycles. The molecule has 1 saturated heterocycles. The van der Waals surface area contributed by atoms with E-state index in [-0.39, 0.29) is 23.3 Å². The second-order valence-electron chi connectivity index (χ2n) is 9.02. The van der Waals surface area contributed by atoms with Gasteiger partial charge in [-0.25, -0.2) is 8.42 Å². The van der Waals surface area contributed by atoms with E-state index in [0.717, 1.165) is 23.4 Å². The van der Waals surface area contributed by atoms with Gasteiger partial charge in [-0.15, -0.1) is 0 Å². The van der Waals surface area contributed by atoms with Gasteiger partial charge in [0.15, 0.2) is 0 Å². The molecular weight excluding hydrogens is 506 g/mol. The molecule has 0 radical (unpaired) electrons. The van der Waals surface area contributed by atoms with Gasteiger partial charge in [0.2, 0.25) is 15.9 Å². The van der Waals surface area contributed by atoms with Gasteiger partial charge in [-0.3, -0.25) is 13.9 Å². The zero-order chi connectivity index (χ0) is 27.1. The average Bonchev–Trinajstić information content (AvgIpc) is 3.42. The maximum absolute atomic E-state index is 13.2. The fourth-order valence-electron chi connectivity index (χ4n) is 4.23. The summed E-state index contributed by atoms with van der Waals surface area (Å²) in [7, 11) is -3.83. The van der Waals surface area contributed by atoms with Crippen molar-refractivity contribution in [1.29, 1.82) is 0 Å². The first-order chi connectivity index (χ1) is 18.2. The second kappa shape index (κ2) is 12.1. The lowest BCUT2D eigenvalue weighted by Gasteiger charge is -2.28. The Hall–Kier alpha value is -3.89. The second-order valence-corrected chi connectivity index (χ2v) is 10.9. The van der Waals surface area contributed by atoms with Crippen molar-refractivity contribution in [2.24, 2.45) is 0 Å². The fraction of sp³-hybridized carbons (Fsp3) is 0.286. The van der Waals surface area contributed by atoms with Crippen LogP contribution in [0.5, 0.6) is 11.5 Å². The minimum absolute atomic E-state index is 0.0199. The van der Waals surface area contributed by atoms with E-state index >= 15 is 0 Å². The molecule has 1 heterocycles. The van der Waals surface area contributed by atoms with Crippen LogP contribution in [0.4, 0.5) is 11.4 Å². The summed E-state index contributed by atoms with van der Waals surface area (Å²) in [5.74, 6) is 0.234. The van der Waals surface area contributed by atoms with Gasteiger partial charge >= 0.3 is 0 Å². The van der Waals surface area contributed by atoms with Crippen molar-refractivity contribution in [1.82, 2.24) is 5.32 Å². The molecule has 200 valence electrons. The highest BCUT2D eigenvalue weighted by Crippen LogP contribution is 2.27. The zero-order valence-corrected chi connectivity index (χ0v) is 22.1. The fourth-order valence-corrected chi connectivity index (χ4v) is 5.40. The molecule has 2 amide bonds. The Morgan fingerprint density at radius 1 is 1.00 bits per heavy atom. The Morgan fingerprint density at radius 2 is 1.66 bits per heavy atom. The first kappa shape index (κ1) is 27.2. The van der Waals surface area contributed by atoms with Crippen LogP contribution in [-0.4, -0.2) is 51.8 Å². The zero-order valence-electron chi connectivity index (χ0n) is 21.3. The number of sulfonamides is 1. The van der Waals surface area contributed by atoms with Crippen molar-refractivity contribution in [3.8, 4) is 11.5 Å². The predicted octanol–water partition coefficient (Wildman–Crippen LogP) is 4.18. The van der Waals surface area contributed by atoms with Crippen molar-refractivity contribution in [3.05, 3.63) is 84.4 Å². The summed E-state index contributed by atoms with van der Waals surface area (Å²) in [5.41, 5.74) is 0.867. The Morgan fingerprint density at radius 3 is 2.32 bits per heavy atom. The molecule has 0 bridgehead atoms. The first-order valence-electron chi connectivity index (χ1n) is 12.3. The summed E-state index contributed by atoms with van der Waals surface area (Å²) in [6, 6.07) is 21.1. The summed E-state index contributed by atoms with van der Waals surface area (Å²) in [4.78, 5) is 26.0. The number of nitrogens with zero attached hydrogens (tertiary/aromatic N) is 1. The van der Waals surface area contributed by atoms with Crippen LogP contribution in [-0.2, 0) is 19.6 Å². The van der Waals surface area contributed by atoms with Crippen LogP contribution in [0.3, 0.4) is 0 Å². The maximum atomic E-state index is 13.2. The highest BCUT2D eigenvalue weighted by atomic mass is 32.2. The highest BCUT2D eigenvalue weighted by molar-refractivity contribution is 7.92. The number of hydrogen-bond donors (Lipinski definition) is 2. The number of nitrogens with one attached hydrogen (secondary N) is 2. The van der Waals surface area contributed by atoms with Crippen molar-refractivity contribution in [3.63, 3.8) is 0 Å². The predicted molar refractivity (Wildman–Crippen MR) is 146 cm³/mol. The molecule has 0 aromatic heterocycles. The summed E-state index contributed by atoms with van der Waals surface area (Å²) >= 11 is 0. The SMILES string of the molecule is C[C@H](C(=O)Nc1ccccc1C(=O)NC[C@@H]1CCCO1)N(c1ccc(Oc2ccccc2)cc1)S(C)(=O)=O. The third-order valence-electron chi connectivity index (χ3n) is 6.10. The number of rotatable bonds is 10. The summed E-state index contributed by atoms with van der Waals surface area (Å²) < 4.78 is 37.8. The lowest BCUT2D eigenvalue weighted by atomic mass is 10.1. The Kier molecular flexibility index (Phi) is 8.65. The molecule has 0 spiro atoms. The molecule has 4 rings (SSSR count). The van der Waals surface area contributed by atoms with E-state index in [4.69, 9.17) is 9.47 Å². The molecule has 9 nitrogen and oxygen atoms in total. The van der Waals surface area contributed by atoms with Gasteiger partial charge in [0.05, 0.1) is 29.3 Å². The smallest absolute Gasteiger partial charge is 0.253 e. The van der Waals surface area contributed by atoms with Crippen LogP contribution >= 0.6 is 0 Å². The molecule has 0 unspecified atom stereocenters. The van der Waals surface area contributed by atoms with E-state index in [2.05, 4.69) is 10.6 Å². The van der Waals surface area contributed by atoms with Gasteiger partial charge < -0.3 is 20.1 Å². The van der Waals surface area contributed by atoms with Gasteiger partial charge in [-0.05, 0) is 68.3 Å². The minimum Gasteiger partial charge on any atom is -0.457 e. The maximum Gasteiger partial charge on any atom is 0.253 e. The molecule has 2 atom stereocenters. The van der Waals surface area contributed by atoms with Crippen LogP contribution in [0.1, 0.15) is 30.1 Å². The highest BCUT2D eigenvalue weighted by Gasteiger charge is 2.30. The number of benzene rings is 3. The molecule has 1 aliphatic rings. The van der Waals surface area contributed by atoms with Crippen LogP contribution < -0.4 is 19.7 Å². The molecule has 38 heavy (non-hydrogen) atoms. The van der Waals surface area contributed by atoms with Gasteiger partial charge in [-0.1, -0.05) is 30.3 Å². The number of carbonyl (C=O) groups excluding carboxylic acids is 2. The number of ether oxygens (including phenoxy) is 2. The number of para-hydroxylation sites is 2. The van der Waals surface area contributed by atoms with Gasteiger partial charge in [0, 0.05) is 13.2 Å². The monoisotopic (exact) mass is 537 g/mol.